The van der Waals surface area contributed by atoms with Gasteiger partial charge in [-0.3, -0.25) is 19.1 Å². The number of aromatic nitrogens is 5. The molecule has 3 aromatic heterocycles. The monoisotopic (exact) mass is 484 g/mol. The predicted octanol–water partition coefficient (Wildman–Crippen LogP) is 1.13. The van der Waals surface area contributed by atoms with E-state index in [0.717, 1.165) is 38.3 Å². The van der Waals surface area contributed by atoms with Crippen molar-refractivity contribution >= 4 is 28.7 Å². The van der Waals surface area contributed by atoms with Crippen molar-refractivity contribution in [3.63, 3.8) is 0 Å². The summed E-state index contributed by atoms with van der Waals surface area (Å²) in [7, 11) is 3.72. The second-order valence-corrected chi connectivity index (χ2v) is 9.66. The number of likely N-dealkylation sites (N-methyl/N-ethyl adjacent to an activating group) is 1. The van der Waals surface area contributed by atoms with E-state index in [9.17, 15) is 9.59 Å². The van der Waals surface area contributed by atoms with E-state index < -0.39 is 11.1 Å². The number of anilines is 1. The average Bonchev–Trinajstić information content (AvgIpc) is 2.85. The van der Waals surface area contributed by atoms with Gasteiger partial charge in [0.05, 0.1) is 10.5 Å². The van der Waals surface area contributed by atoms with Gasteiger partial charge in [0.25, 0.3) is 0 Å². The lowest BCUT2D eigenvalue weighted by molar-refractivity contribution is 0.148. The van der Waals surface area contributed by atoms with Gasteiger partial charge in [0.1, 0.15) is 0 Å². The first kappa shape index (κ1) is 22.9. The first-order valence-electron chi connectivity index (χ1n) is 11.6. The summed E-state index contributed by atoms with van der Waals surface area (Å²) >= 11 is 6.09. The molecule has 180 valence electrons. The summed E-state index contributed by atoms with van der Waals surface area (Å²) in [6.07, 6.45) is 6.73. The predicted molar refractivity (Wildman–Crippen MR) is 132 cm³/mol. The van der Waals surface area contributed by atoms with Crippen LogP contribution >= 0.6 is 11.6 Å². The molecule has 0 unspecified atom stereocenters. The van der Waals surface area contributed by atoms with Gasteiger partial charge in [0.2, 0.25) is 5.95 Å². The van der Waals surface area contributed by atoms with Gasteiger partial charge in [0, 0.05) is 83.1 Å². The number of aryl methyl sites for hydroxylation is 1. The van der Waals surface area contributed by atoms with Crippen molar-refractivity contribution in [2.24, 2.45) is 7.05 Å². The number of rotatable bonds is 4. The molecule has 3 aromatic rings. The number of hydrogen-bond donors (Lipinski definition) is 0. The molecule has 0 bridgehead atoms. The van der Waals surface area contributed by atoms with Crippen LogP contribution in [0.4, 0.5) is 5.95 Å². The molecule has 11 heteroatoms. The number of fused-ring (bicyclic) bond motifs is 1. The Morgan fingerprint density at radius 1 is 0.912 bits per heavy atom. The van der Waals surface area contributed by atoms with E-state index in [4.69, 9.17) is 11.6 Å². The second-order valence-electron chi connectivity index (χ2n) is 9.22. The SMILES string of the molecule is CN1CCN(Cc2cnc(N3CCC(n4c(=O)c(=O)n(C)c5cc(Cl)cnc54)CC3)nc2)CC1. The van der Waals surface area contributed by atoms with Crippen LogP contribution in [0.25, 0.3) is 11.2 Å². The van der Waals surface area contributed by atoms with Crippen molar-refractivity contribution < 1.29 is 0 Å². The summed E-state index contributed by atoms with van der Waals surface area (Å²) in [6, 6.07) is 1.55. The zero-order valence-electron chi connectivity index (χ0n) is 19.5. The highest BCUT2D eigenvalue weighted by molar-refractivity contribution is 6.31. The third-order valence-corrected chi connectivity index (χ3v) is 7.12. The van der Waals surface area contributed by atoms with Gasteiger partial charge in [-0.15, -0.1) is 0 Å². The quantitative estimate of drug-likeness (QED) is 0.509. The number of nitrogens with zero attached hydrogens (tertiary/aromatic N) is 8. The zero-order chi connectivity index (χ0) is 23.8. The standard InChI is InChI=1S/C23H29ClN8O2/c1-28-7-9-30(10-8-28)15-16-12-26-23(27-13-16)31-5-3-18(4-6-31)32-20-19(11-17(24)14-25-20)29(2)21(33)22(32)34/h11-14,18H,3-10,15H2,1-2H3. The molecule has 0 saturated carbocycles. The maximum Gasteiger partial charge on any atom is 0.318 e. The molecule has 0 amide bonds. The highest BCUT2D eigenvalue weighted by Gasteiger charge is 2.26. The van der Waals surface area contributed by atoms with Gasteiger partial charge >= 0.3 is 11.1 Å². The Bertz CT molecular complexity index is 1290. The molecule has 10 nitrogen and oxygen atoms in total. The fraction of sp³-hybridized carbons (Fsp3) is 0.522. The second kappa shape index (κ2) is 9.44. The lowest BCUT2D eigenvalue weighted by Gasteiger charge is -2.33. The van der Waals surface area contributed by atoms with Gasteiger partial charge in [-0.2, -0.15) is 0 Å². The average molecular weight is 485 g/mol. The molecule has 0 N–H and O–H groups in total. The fourth-order valence-electron chi connectivity index (χ4n) is 4.83. The smallest absolute Gasteiger partial charge is 0.318 e. The Balaban J connectivity index is 1.29. The summed E-state index contributed by atoms with van der Waals surface area (Å²) in [5, 5.41) is 0.427. The summed E-state index contributed by atoms with van der Waals surface area (Å²) in [5.41, 5.74) is 1.04. The van der Waals surface area contributed by atoms with Crippen LogP contribution in [0.1, 0.15) is 24.4 Å². The summed E-state index contributed by atoms with van der Waals surface area (Å²) in [5.74, 6) is 0.701. The zero-order valence-corrected chi connectivity index (χ0v) is 20.3. The molecular formula is C23H29ClN8O2. The Kier molecular flexibility index (Phi) is 6.37. The molecule has 0 aromatic carbocycles. The number of hydrogen-bond acceptors (Lipinski definition) is 8. The van der Waals surface area contributed by atoms with Gasteiger partial charge in [0.15, 0.2) is 5.65 Å². The Hall–Kier alpha value is -2.82. The molecule has 2 fully saturated rings. The van der Waals surface area contributed by atoms with Crippen molar-refractivity contribution in [1.82, 2.24) is 33.9 Å². The van der Waals surface area contributed by atoms with E-state index in [1.165, 1.54) is 10.8 Å². The lowest BCUT2D eigenvalue weighted by atomic mass is 10.0. The molecule has 0 radical (unpaired) electrons. The molecule has 2 aliphatic rings. The van der Waals surface area contributed by atoms with Crippen molar-refractivity contribution in [2.75, 3.05) is 51.2 Å². The van der Waals surface area contributed by atoms with Crippen LogP contribution < -0.4 is 16.0 Å². The minimum atomic E-state index is -0.571. The number of piperidine rings is 1. The minimum absolute atomic E-state index is 0.120. The Morgan fingerprint density at radius 3 is 2.26 bits per heavy atom. The van der Waals surface area contributed by atoms with Crippen LogP contribution in [0.15, 0.2) is 34.2 Å². The van der Waals surface area contributed by atoms with E-state index >= 15 is 0 Å². The minimum Gasteiger partial charge on any atom is -0.341 e. The lowest BCUT2D eigenvalue weighted by Crippen LogP contribution is -2.45. The van der Waals surface area contributed by atoms with Crippen molar-refractivity contribution in [2.45, 2.75) is 25.4 Å². The van der Waals surface area contributed by atoms with Gasteiger partial charge < -0.3 is 14.4 Å². The van der Waals surface area contributed by atoms with Crippen molar-refractivity contribution in [1.29, 1.82) is 0 Å². The van der Waals surface area contributed by atoms with E-state index in [-0.39, 0.29) is 6.04 Å². The van der Waals surface area contributed by atoms with Crippen LogP contribution in [0.3, 0.4) is 0 Å². The van der Waals surface area contributed by atoms with Crippen LogP contribution in [-0.4, -0.2) is 80.2 Å². The van der Waals surface area contributed by atoms with Crippen LogP contribution in [0.2, 0.25) is 5.02 Å². The molecule has 5 rings (SSSR count). The topological polar surface area (TPSA) is 92.4 Å². The third kappa shape index (κ3) is 4.45. The van der Waals surface area contributed by atoms with Crippen LogP contribution in [0.5, 0.6) is 0 Å². The fourth-order valence-corrected chi connectivity index (χ4v) is 4.98. The normalized spacial score (nSPS) is 18.6. The highest BCUT2D eigenvalue weighted by atomic mass is 35.5. The van der Waals surface area contributed by atoms with Gasteiger partial charge in [-0.25, -0.2) is 15.0 Å². The summed E-state index contributed by atoms with van der Waals surface area (Å²) < 4.78 is 2.87. The number of piperazine rings is 1. The Labute approximate surface area is 202 Å². The molecular weight excluding hydrogens is 456 g/mol. The molecule has 5 heterocycles. The third-order valence-electron chi connectivity index (χ3n) is 6.92. The number of halogens is 1. The maximum absolute atomic E-state index is 12.9. The maximum atomic E-state index is 12.9. The first-order valence-corrected chi connectivity index (χ1v) is 12.0. The largest absolute Gasteiger partial charge is 0.341 e. The molecule has 0 spiro atoms. The molecule has 2 aliphatic heterocycles. The molecule has 0 aliphatic carbocycles. The summed E-state index contributed by atoms with van der Waals surface area (Å²) in [6.45, 7) is 6.54. The molecule has 2 saturated heterocycles. The molecule has 34 heavy (non-hydrogen) atoms. The van der Waals surface area contributed by atoms with E-state index in [2.05, 4.69) is 36.7 Å². The Morgan fingerprint density at radius 2 is 1.59 bits per heavy atom. The molecule has 0 atom stereocenters. The summed E-state index contributed by atoms with van der Waals surface area (Å²) in [4.78, 5) is 45.9. The van der Waals surface area contributed by atoms with Crippen molar-refractivity contribution in [3.05, 3.63) is 56.0 Å². The van der Waals surface area contributed by atoms with Gasteiger partial charge in [-0.1, -0.05) is 11.6 Å². The van der Waals surface area contributed by atoms with E-state index in [1.807, 2.05) is 12.4 Å². The van der Waals surface area contributed by atoms with Crippen LogP contribution in [-0.2, 0) is 13.6 Å². The number of pyridine rings is 1. The van der Waals surface area contributed by atoms with Crippen LogP contribution in [0, 0.1) is 0 Å². The van der Waals surface area contributed by atoms with E-state index in [0.29, 0.717) is 48.1 Å². The van der Waals surface area contributed by atoms with Gasteiger partial charge in [-0.05, 0) is 26.0 Å². The van der Waals surface area contributed by atoms with E-state index in [1.54, 1.807) is 17.7 Å². The first-order chi connectivity index (χ1) is 16.4. The highest BCUT2D eigenvalue weighted by Crippen LogP contribution is 2.26. The van der Waals surface area contributed by atoms with Crippen molar-refractivity contribution in [3.8, 4) is 0 Å².